The van der Waals surface area contributed by atoms with Crippen molar-refractivity contribution in [2.24, 2.45) is 5.41 Å². The summed E-state index contributed by atoms with van der Waals surface area (Å²) in [6.07, 6.45) is -29.0. The summed E-state index contributed by atoms with van der Waals surface area (Å²) in [4.78, 5) is 81.3. The molecule has 2 amide bonds. The molecule has 6 N–H and O–H groups in total. The molecule has 0 bridgehead atoms. The zero-order valence-corrected chi connectivity index (χ0v) is 52.2. The Kier molecular flexibility index (Phi) is 24.1. The van der Waals surface area contributed by atoms with Crippen LogP contribution < -0.4 is 10.6 Å². The van der Waals surface area contributed by atoms with Crippen molar-refractivity contribution in [3.63, 3.8) is 0 Å². The average Bonchev–Trinajstić information content (AvgIpc) is 1.77. The minimum atomic E-state index is -2.74. The number of halogens is 3. The smallest absolute Gasteiger partial charge is 0.338 e. The fourth-order valence-corrected chi connectivity index (χ4v) is 11.0. The average molecular weight is 1320 g/mol. The number of hydrogen-bond acceptors (Lipinski definition) is 26. The molecule has 2 unspecified atom stereocenters. The van der Waals surface area contributed by atoms with E-state index in [1.165, 1.54) is 26.0 Å². The second-order valence-corrected chi connectivity index (χ2v) is 25.4. The van der Waals surface area contributed by atoms with Gasteiger partial charge in [0.2, 0.25) is 5.91 Å². The van der Waals surface area contributed by atoms with Crippen LogP contribution in [0.25, 0.3) is 0 Å². The molecule has 0 radical (unpaired) electrons. The molecule has 31 heteroatoms. The van der Waals surface area contributed by atoms with Gasteiger partial charge >= 0.3 is 23.9 Å². The van der Waals surface area contributed by atoms with Gasteiger partial charge in [-0.1, -0.05) is 103 Å². The van der Waals surface area contributed by atoms with E-state index in [0.717, 1.165) is 26.7 Å². The Morgan fingerprint density at radius 3 is 1.92 bits per heavy atom. The zero-order chi connectivity index (χ0) is 64.7. The first-order chi connectivity index (χ1) is 42.1. The molecule has 0 spiro atoms. The van der Waals surface area contributed by atoms with Crippen molar-refractivity contribution in [1.82, 2.24) is 10.6 Å². The quantitative estimate of drug-likeness (QED) is 0.0426. The fraction of sp³-hybridized carbons (Fsp3) is 0.690. The standard InChI is InChI=1S/C58H77Cl3N2O26/c1-9-10-17-22-74-50-36(62-27(2)65)39(69)41(33(81-50)24-75-48(71)30-18-13-11-14-19-30)84-52-47(79-29(4)67)46(43(78-28(3)66)35(83-52)26-77-55(73)56(5,6)7)86-51-37(63-54(72)58(59,60)61)44(42-34(82-51)25-76-49(85-42)31-20-15-12-16-21-31)87-57(8)88-45-40(70)38(68)32(23-64)80-53(45)89-57/h11-16,18-21,32-47,49-53,64,68-70H,9-10,17,22-26H2,1-8H3,(H,62,65)(H,63,72)/t32-,33-,34-,35-,36-,37-,38-,39-,40+,41-,42-,43+,44-,45+,46+,47-,49?,50-,51+,52+,53-,57?/m1/s1. The second-order valence-electron chi connectivity index (χ2n) is 23.1. The Morgan fingerprint density at radius 2 is 1.29 bits per heavy atom. The monoisotopic (exact) mass is 1320 g/mol. The molecule has 6 fully saturated rings. The van der Waals surface area contributed by atoms with Gasteiger partial charge in [0.25, 0.3) is 15.7 Å². The summed E-state index contributed by atoms with van der Waals surface area (Å²) in [5.41, 5.74) is -0.475. The number of amides is 2. The lowest BCUT2D eigenvalue weighted by molar-refractivity contribution is -0.417. The highest BCUT2D eigenvalue weighted by atomic mass is 35.6. The van der Waals surface area contributed by atoms with Crippen molar-refractivity contribution in [2.75, 3.05) is 33.0 Å². The highest BCUT2D eigenvalue weighted by Crippen LogP contribution is 2.44. The van der Waals surface area contributed by atoms with Crippen LogP contribution in [-0.4, -0.2) is 222 Å². The van der Waals surface area contributed by atoms with Crippen molar-refractivity contribution >= 4 is 70.5 Å². The van der Waals surface area contributed by atoms with Gasteiger partial charge < -0.3 is 102 Å². The molecule has 89 heavy (non-hydrogen) atoms. The Morgan fingerprint density at radius 1 is 0.663 bits per heavy atom. The molecule has 6 aliphatic heterocycles. The van der Waals surface area contributed by atoms with Gasteiger partial charge in [-0.3, -0.25) is 28.7 Å². The Bertz CT molecular complexity index is 2710. The number of esters is 4. The molecule has 22 atom stereocenters. The lowest BCUT2D eigenvalue weighted by atomic mass is 9.93. The molecule has 2 aromatic rings. The number of carbonyl (C=O) groups excluding carboxylic acids is 6. The maximum Gasteiger partial charge on any atom is 0.338 e. The fourth-order valence-electron chi connectivity index (χ4n) is 10.8. The number of fused-ring (bicyclic) bond motifs is 2. The highest BCUT2D eigenvalue weighted by molar-refractivity contribution is 6.76. The van der Waals surface area contributed by atoms with Crippen molar-refractivity contribution in [1.29, 1.82) is 0 Å². The van der Waals surface area contributed by atoms with E-state index in [1.54, 1.807) is 69.3 Å². The Labute approximate surface area is 527 Å². The molecular formula is C58H77Cl3N2O26. The van der Waals surface area contributed by atoms with Gasteiger partial charge in [0, 0.05) is 39.9 Å². The van der Waals surface area contributed by atoms with Gasteiger partial charge in [0.15, 0.2) is 43.7 Å². The molecule has 6 heterocycles. The van der Waals surface area contributed by atoms with Crippen LogP contribution in [0.2, 0.25) is 0 Å². The molecule has 8 rings (SSSR count). The first-order valence-corrected chi connectivity index (χ1v) is 30.2. The van der Waals surface area contributed by atoms with Gasteiger partial charge in [-0.2, -0.15) is 0 Å². The van der Waals surface area contributed by atoms with Crippen LogP contribution in [0.3, 0.4) is 0 Å². The highest BCUT2D eigenvalue weighted by Gasteiger charge is 2.63. The predicted octanol–water partition coefficient (Wildman–Crippen LogP) is 2.20. The van der Waals surface area contributed by atoms with E-state index >= 15 is 0 Å². The number of ether oxygens (including phenoxy) is 16. The van der Waals surface area contributed by atoms with E-state index in [1.807, 2.05) is 6.92 Å². The lowest BCUT2D eigenvalue weighted by Crippen LogP contribution is -2.72. The minimum Gasteiger partial charge on any atom is -0.462 e. The van der Waals surface area contributed by atoms with Gasteiger partial charge in [-0.05, 0) is 39.3 Å². The van der Waals surface area contributed by atoms with E-state index in [2.05, 4.69) is 10.6 Å². The number of aliphatic hydroxyl groups excluding tert-OH is 4. The number of benzene rings is 2. The molecule has 0 saturated carbocycles. The van der Waals surface area contributed by atoms with E-state index in [9.17, 15) is 49.2 Å². The Balaban J connectivity index is 1.24. The number of unbranched alkanes of at least 4 members (excludes halogenated alkanes) is 2. The zero-order valence-electron chi connectivity index (χ0n) is 50.0. The molecule has 6 saturated heterocycles. The molecule has 0 aromatic heterocycles. The maximum atomic E-state index is 14.2. The number of carbonyl (C=O) groups is 6. The topological polar surface area (TPSA) is 355 Å². The van der Waals surface area contributed by atoms with Crippen molar-refractivity contribution < 1.29 is 125 Å². The third-order valence-electron chi connectivity index (χ3n) is 15.1. The number of alkyl halides is 3. The summed E-state index contributed by atoms with van der Waals surface area (Å²) >= 11 is 18.8. The third-order valence-corrected chi connectivity index (χ3v) is 15.6. The van der Waals surface area contributed by atoms with E-state index in [-0.39, 0.29) is 18.8 Å². The molecule has 6 aliphatic rings. The normalized spacial score (nSPS) is 36.3. The number of hydrogen-bond donors (Lipinski definition) is 6. The summed E-state index contributed by atoms with van der Waals surface area (Å²) in [5, 5.41) is 49.8. The number of nitrogens with one attached hydrogen (secondary N) is 2. The summed E-state index contributed by atoms with van der Waals surface area (Å²) in [7, 11) is 0. The van der Waals surface area contributed by atoms with Crippen LogP contribution in [0.1, 0.15) is 96.9 Å². The van der Waals surface area contributed by atoms with Gasteiger partial charge in [-0.15, -0.1) is 0 Å². The summed E-state index contributed by atoms with van der Waals surface area (Å²) < 4.78 is 97.8. The minimum absolute atomic E-state index is 0.105. The van der Waals surface area contributed by atoms with Crippen LogP contribution in [0.4, 0.5) is 0 Å². The van der Waals surface area contributed by atoms with Crippen molar-refractivity contribution in [3.05, 3.63) is 71.8 Å². The second kappa shape index (κ2) is 30.5. The van der Waals surface area contributed by atoms with Crippen molar-refractivity contribution in [3.8, 4) is 0 Å². The van der Waals surface area contributed by atoms with Crippen LogP contribution in [0.15, 0.2) is 60.7 Å². The van der Waals surface area contributed by atoms with E-state index < -0.39 is 200 Å². The van der Waals surface area contributed by atoms with Crippen LogP contribution in [0.5, 0.6) is 0 Å². The first-order valence-electron chi connectivity index (χ1n) is 29.0. The van der Waals surface area contributed by atoms with Crippen LogP contribution in [0, 0.1) is 5.41 Å². The summed E-state index contributed by atoms with van der Waals surface area (Å²) in [5.74, 6) is -7.89. The SMILES string of the molecule is CCCCCO[C@@H]1O[C@H](COC(=O)c2ccccc2)[C@@H](O[C@@H]2O[C@H](COC(=O)C(C)(C)C)[C@H](OC(C)=O)[C@H](O[C@@H]3O[C@@H]4COC(c5ccccc5)O[C@H]4[C@H](OC4(C)O[C@H]5O[C@H](CO)[C@@H](O)[C@H](O)[C@@H]5O4)[C@H]3NC(=O)C(Cl)(Cl)Cl)[C@H]2OC(C)=O)[C@H](O)[C@H]1NC(C)=O. The maximum absolute atomic E-state index is 14.2. The van der Waals surface area contributed by atoms with Crippen LogP contribution in [-0.2, 0) is 99.8 Å². The molecule has 2 aromatic carbocycles. The largest absolute Gasteiger partial charge is 0.462 e. The van der Waals surface area contributed by atoms with Gasteiger partial charge in [0.1, 0.15) is 98.5 Å². The number of rotatable bonds is 22. The summed E-state index contributed by atoms with van der Waals surface area (Å²) in [6.45, 7) is 8.79. The molecular weight excluding hydrogens is 1250 g/mol. The number of aliphatic hydroxyl groups is 4. The van der Waals surface area contributed by atoms with Crippen LogP contribution >= 0.6 is 34.8 Å². The predicted molar refractivity (Wildman–Crippen MR) is 302 cm³/mol. The van der Waals surface area contributed by atoms with Gasteiger partial charge in [0.05, 0.1) is 24.2 Å². The lowest BCUT2D eigenvalue weighted by Gasteiger charge is -2.52. The van der Waals surface area contributed by atoms with E-state index in [0.29, 0.717) is 12.0 Å². The molecule has 0 aliphatic carbocycles. The van der Waals surface area contributed by atoms with E-state index in [4.69, 9.17) is 111 Å². The first kappa shape index (κ1) is 70.4. The third kappa shape index (κ3) is 17.6. The Hall–Kier alpha value is -4.51. The van der Waals surface area contributed by atoms with Gasteiger partial charge in [-0.25, -0.2) is 4.79 Å². The molecule has 28 nitrogen and oxygen atoms in total. The molecule has 496 valence electrons. The summed E-state index contributed by atoms with van der Waals surface area (Å²) in [6, 6.07) is 13.3. The van der Waals surface area contributed by atoms with Crippen molar-refractivity contribution in [2.45, 2.75) is 213 Å².